The van der Waals surface area contributed by atoms with Gasteiger partial charge in [0.2, 0.25) is 0 Å². The number of ether oxygens (including phenoxy) is 1. The smallest absolute Gasteiger partial charge is 0.366 e. The fourth-order valence-corrected chi connectivity index (χ4v) is 4.55. The van der Waals surface area contributed by atoms with E-state index in [1.807, 2.05) is 25.1 Å². The van der Waals surface area contributed by atoms with Gasteiger partial charge < -0.3 is 4.74 Å². The molecule has 3 aromatic rings. The molecule has 0 aliphatic carbocycles. The number of hydrogen-bond donors (Lipinski definition) is 0. The number of thiazole rings is 1. The van der Waals surface area contributed by atoms with Gasteiger partial charge in [0.15, 0.2) is 11.9 Å². The van der Waals surface area contributed by atoms with Gasteiger partial charge in [-0.05, 0) is 24.1 Å². The van der Waals surface area contributed by atoms with Crippen molar-refractivity contribution in [3.05, 3.63) is 46.7 Å². The summed E-state index contributed by atoms with van der Waals surface area (Å²) in [6.07, 6.45) is -3.51. The molecule has 1 saturated heterocycles. The highest BCUT2D eigenvalue weighted by molar-refractivity contribution is 7.15. The number of fused-ring (bicyclic) bond motifs is 1. The fourth-order valence-electron chi connectivity index (χ4n) is 3.66. The normalized spacial score (nSPS) is 17.9. The lowest BCUT2D eigenvalue weighted by Gasteiger charge is -2.33. The topological polar surface area (TPSA) is 55.3 Å². The first-order valence-electron chi connectivity index (χ1n) is 10.0. The summed E-state index contributed by atoms with van der Waals surface area (Å²) in [6.45, 7) is 4.13. The third kappa shape index (κ3) is 4.78. The lowest BCUT2D eigenvalue weighted by molar-refractivity contribution is -0.237. The van der Waals surface area contributed by atoms with Gasteiger partial charge in [-0.25, -0.2) is 9.97 Å². The summed E-state index contributed by atoms with van der Waals surface area (Å²) in [5.74, 6) is -0.144. The first-order chi connectivity index (χ1) is 14.7. The molecule has 5 nitrogen and oxygen atoms in total. The lowest BCUT2D eigenvalue weighted by Crippen LogP contribution is -2.48. The number of aromatic nitrogens is 2. The van der Waals surface area contributed by atoms with Crippen LogP contribution in [0.4, 0.5) is 13.2 Å². The predicted octanol–water partition coefficient (Wildman–Crippen LogP) is 4.89. The van der Waals surface area contributed by atoms with Crippen molar-refractivity contribution in [2.75, 3.05) is 19.7 Å². The molecule has 0 saturated carbocycles. The number of hydrogen-bond acceptors (Lipinski definition) is 6. The van der Waals surface area contributed by atoms with Crippen molar-refractivity contribution in [2.24, 2.45) is 0 Å². The highest BCUT2D eigenvalue weighted by Gasteiger charge is 2.43. The zero-order chi connectivity index (χ0) is 22.2. The van der Waals surface area contributed by atoms with E-state index in [9.17, 15) is 18.0 Å². The van der Waals surface area contributed by atoms with Crippen LogP contribution in [0.15, 0.2) is 30.5 Å². The van der Waals surface area contributed by atoms with Crippen LogP contribution in [0, 0.1) is 0 Å². The molecule has 9 heteroatoms. The lowest BCUT2D eigenvalue weighted by atomic mass is 10.0. The summed E-state index contributed by atoms with van der Waals surface area (Å²) in [4.78, 5) is 23.7. The average molecular weight is 449 g/mol. The van der Waals surface area contributed by atoms with Crippen LogP contribution < -0.4 is 0 Å². The molecular formula is C22H22F3N3O2S. The Morgan fingerprint density at radius 2 is 2.13 bits per heavy atom. The number of benzene rings is 1. The molecule has 4 rings (SSSR count). The highest BCUT2D eigenvalue weighted by atomic mass is 32.1. The van der Waals surface area contributed by atoms with Crippen LogP contribution in [0.5, 0.6) is 0 Å². The quantitative estimate of drug-likeness (QED) is 0.520. The minimum Gasteiger partial charge on any atom is -0.366 e. The Balaban J connectivity index is 1.67. The minimum atomic E-state index is -4.37. The Labute approximate surface area is 181 Å². The third-order valence-corrected chi connectivity index (χ3v) is 6.45. The van der Waals surface area contributed by atoms with E-state index >= 15 is 0 Å². The SMILES string of the molecule is CCc1ncc(-c2cc(C(C)=O)nc3cc(CN4CCOC(C(F)(F)F)C4)ccc23)s1. The van der Waals surface area contributed by atoms with Crippen molar-refractivity contribution in [3.8, 4) is 10.4 Å². The second kappa shape index (κ2) is 8.64. The van der Waals surface area contributed by atoms with E-state index in [0.717, 1.165) is 32.8 Å². The standard InChI is InChI=1S/C22H22F3N3O2S/c1-3-21-26-10-19(31-21)16-9-17(13(2)29)27-18-8-14(4-5-15(16)18)11-28-6-7-30-20(12-28)22(23,24)25/h4-5,8-10,20H,3,6-7,11-12H2,1-2H3. The maximum absolute atomic E-state index is 13.0. The molecule has 31 heavy (non-hydrogen) atoms. The van der Waals surface area contributed by atoms with Gasteiger partial charge in [-0.15, -0.1) is 11.3 Å². The van der Waals surface area contributed by atoms with Crippen LogP contribution in [-0.4, -0.2) is 52.6 Å². The molecule has 0 radical (unpaired) electrons. The van der Waals surface area contributed by atoms with Gasteiger partial charge in [-0.1, -0.05) is 19.1 Å². The minimum absolute atomic E-state index is 0.0414. The second-order valence-electron chi connectivity index (χ2n) is 7.57. The Morgan fingerprint density at radius 1 is 1.32 bits per heavy atom. The first kappa shape index (κ1) is 21.9. The number of carbonyl (C=O) groups excluding carboxylic acids is 1. The van der Waals surface area contributed by atoms with Crippen LogP contribution in [-0.2, 0) is 17.7 Å². The predicted molar refractivity (Wildman–Crippen MR) is 113 cm³/mol. The first-order valence-corrected chi connectivity index (χ1v) is 10.9. The number of halogens is 3. The monoisotopic (exact) mass is 449 g/mol. The maximum Gasteiger partial charge on any atom is 0.415 e. The summed E-state index contributed by atoms with van der Waals surface area (Å²) in [5, 5.41) is 1.89. The van der Waals surface area contributed by atoms with E-state index in [2.05, 4.69) is 9.97 Å². The molecule has 1 atom stereocenters. The van der Waals surface area contributed by atoms with E-state index < -0.39 is 12.3 Å². The molecule has 1 aliphatic heterocycles. The Morgan fingerprint density at radius 3 is 2.81 bits per heavy atom. The largest absolute Gasteiger partial charge is 0.415 e. The summed E-state index contributed by atoms with van der Waals surface area (Å²) in [7, 11) is 0. The van der Waals surface area contributed by atoms with E-state index in [-0.39, 0.29) is 18.9 Å². The van der Waals surface area contributed by atoms with Crippen molar-refractivity contribution in [3.63, 3.8) is 0 Å². The molecule has 0 bridgehead atoms. The number of ketones is 1. The van der Waals surface area contributed by atoms with Crippen LogP contribution >= 0.6 is 11.3 Å². The molecule has 3 heterocycles. The van der Waals surface area contributed by atoms with Crippen LogP contribution in [0.1, 0.15) is 34.9 Å². The van der Waals surface area contributed by atoms with Crippen molar-refractivity contribution in [1.29, 1.82) is 0 Å². The maximum atomic E-state index is 13.0. The number of rotatable bonds is 5. The van der Waals surface area contributed by atoms with Crippen molar-refractivity contribution < 1.29 is 22.7 Å². The van der Waals surface area contributed by atoms with Crippen molar-refractivity contribution >= 4 is 28.0 Å². The van der Waals surface area contributed by atoms with E-state index in [1.54, 1.807) is 28.5 Å². The van der Waals surface area contributed by atoms with Gasteiger partial charge in [0.25, 0.3) is 0 Å². The average Bonchev–Trinajstić information content (AvgIpc) is 3.21. The highest BCUT2D eigenvalue weighted by Crippen LogP contribution is 2.34. The van der Waals surface area contributed by atoms with Gasteiger partial charge in [0, 0.05) is 43.7 Å². The molecule has 1 unspecified atom stereocenters. The van der Waals surface area contributed by atoms with E-state index in [4.69, 9.17) is 4.74 Å². The number of nitrogens with zero attached hydrogens (tertiary/aromatic N) is 3. The number of pyridine rings is 1. The molecule has 1 fully saturated rings. The molecular weight excluding hydrogens is 427 g/mol. The molecule has 2 aromatic heterocycles. The Hall–Kier alpha value is -2.36. The molecule has 0 amide bonds. The Kier molecular flexibility index (Phi) is 6.09. The third-order valence-electron chi connectivity index (χ3n) is 5.28. The number of carbonyl (C=O) groups is 1. The van der Waals surface area contributed by atoms with Gasteiger partial charge in [0.1, 0.15) is 5.69 Å². The van der Waals surface area contributed by atoms with Gasteiger partial charge in [-0.2, -0.15) is 13.2 Å². The molecule has 164 valence electrons. The van der Waals surface area contributed by atoms with Gasteiger partial charge >= 0.3 is 6.18 Å². The number of Topliss-reactive ketones (excluding diaryl/α,β-unsaturated/α-hetero) is 1. The van der Waals surface area contributed by atoms with Crippen LogP contribution in [0.25, 0.3) is 21.3 Å². The van der Waals surface area contributed by atoms with Crippen molar-refractivity contribution in [2.45, 2.75) is 39.1 Å². The summed E-state index contributed by atoms with van der Waals surface area (Å²) in [5.41, 5.74) is 2.73. The Bertz CT molecular complexity index is 1110. The summed E-state index contributed by atoms with van der Waals surface area (Å²) >= 11 is 1.58. The van der Waals surface area contributed by atoms with Crippen molar-refractivity contribution in [1.82, 2.24) is 14.9 Å². The van der Waals surface area contributed by atoms with E-state index in [1.165, 1.54) is 6.92 Å². The van der Waals surface area contributed by atoms with Gasteiger partial charge in [0.05, 0.1) is 22.0 Å². The molecule has 1 aliphatic rings. The van der Waals surface area contributed by atoms with Crippen LogP contribution in [0.3, 0.4) is 0 Å². The summed E-state index contributed by atoms with van der Waals surface area (Å²) in [6, 6.07) is 7.46. The summed E-state index contributed by atoms with van der Waals surface area (Å²) < 4.78 is 43.9. The van der Waals surface area contributed by atoms with Gasteiger partial charge in [-0.3, -0.25) is 9.69 Å². The number of alkyl halides is 3. The second-order valence-corrected chi connectivity index (χ2v) is 8.69. The molecule has 0 spiro atoms. The fraction of sp³-hybridized carbons (Fsp3) is 0.409. The van der Waals surface area contributed by atoms with E-state index in [0.29, 0.717) is 24.3 Å². The molecule has 0 N–H and O–H groups in total. The van der Waals surface area contributed by atoms with Crippen LogP contribution in [0.2, 0.25) is 0 Å². The number of aryl methyl sites for hydroxylation is 1. The molecule has 1 aromatic carbocycles. The number of morpholine rings is 1. The zero-order valence-corrected chi connectivity index (χ0v) is 18.0. The zero-order valence-electron chi connectivity index (χ0n) is 17.2.